The van der Waals surface area contributed by atoms with Crippen LogP contribution in [0, 0.1) is 5.92 Å². The van der Waals surface area contributed by atoms with Gasteiger partial charge in [0.25, 0.3) is 0 Å². The van der Waals surface area contributed by atoms with E-state index in [4.69, 9.17) is 4.74 Å². The first-order chi connectivity index (χ1) is 8.93. The highest BCUT2D eigenvalue weighted by Gasteiger charge is 2.26. The summed E-state index contributed by atoms with van der Waals surface area (Å²) in [7, 11) is 1.68. The second-order valence-corrected chi connectivity index (χ2v) is 6.51. The lowest BCUT2D eigenvalue weighted by molar-refractivity contribution is 0.0922. The van der Waals surface area contributed by atoms with Gasteiger partial charge in [-0.1, -0.05) is 33.6 Å². The normalized spacial score (nSPS) is 16.6. The number of carbonyl (C=O) groups excluding carboxylic acids is 1. The van der Waals surface area contributed by atoms with E-state index in [-0.39, 0.29) is 11.3 Å². The lowest BCUT2D eigenvalue weighted by Crippen LogP contribution is -2.16. The molecular formula is C17H24O2. The molecule has 19 heavy (non-hydrogen) atoms. The van der Waals surface area contributed by atoms with Crippen LogP contribution in [-0.4, -0.2) is 12.9 Å². The minimum Gasteiger partial charge on any atom is -0.496 e. The Hall–Kier alpha value is -1.31. The summed E-state index contributed by atoms with van der Waals surface area (Å²) < 4.78 is 5.42. The SMILES string of the molecule is COc1ccc(C(=O)C2CCCC2)cc1C(C)(C)C. The minimum absolute atomic E-state index is 0.0166. The molecule has 0 saturated heterocycles. The summed E-state index contributed by atoms with van der Waals surface area (Å²) in [5, 5.41) is 0. The van der Waals surface area contributed by atoms with Crippen LogP contribution in [0.5, 0.6) is 5.75 Å². The highest BCUT2D eigenvalue weighted by atomic mass is 16.5. The van der Waals surface area contributed by atoms with Gasteiger partial charge in [0.1, 0.15) is 5.75 Å². The third kappa shape index (κ3) is 2.99. The molecule has 0 radical (unpaired) electrons. The number of Topliss-reactive ketones (excluding diaryl/α,β-unsaturated/α-hetero) is 1. The lowest BCUT2D eigenvalue weighted by atomic mass is 9.84. The molecule has 0 amide bonds. The topological polar surface area (TPSA) is 26.3 Å². The highest BCUT2D eigenvalue weighted by molar-refractivity contribution is 5.98. The van der Waals surface area contributed by atoms with Crippen molar-refractivity contribution in [2.24, 2.45) is 5.92 Å². The standard InChI is InChI=1S/C17H24O2/c1-17(2,3)14-11-13(9-10-15(14)19-4)16(18)12-7-5-6-8-12/h9-12H,5-8H2,1-4H3. The summed E-state index contributed by atoms with van der Waals surface area (Å²) in [4.78, 5) is 12.5. The Morgan fingerprint density at radius 2 is 1.84 bits per heavy atom. The fraction of sp³-hybridized carbons (Fsp3) is 0.588. The number of carbonyl (C=O) groups is 1. The van der Waals surface area contributed by atoms with Crippen molar-refractivity contribution in [2.75, 3.05) is 7.11 Å². The van der Waals surface area contributed by atoms with Crippen LogP contribution in [0.25, 0.3) is 0 Å². The molecular weight excluding hydrogens is 236 g/mol. The predicted molar refractivity (Wildman–Crippen MR) is 78.0 cm³/mol. The van der Waals surface area contributed by atoms with E-state index < -0.39 is 0 Å². The maximum atomic E-state index is 12.5. The second-order valence-electron chi connectivity index (χ2n) is 6.51. The molecule has 0 bridgehead atoms. The van der Waals surface area contributed by atoms with Crippen LogP contribution in [0.15, 0.2) is 18.2 Å². The Balaban J connectivity index is 2.34. The fourth-order valence-electron chi connectivity index (χ4n) is 2.87. The van der Waals surface area contributed by atoms with Gasteiger partial charge in [0.15, 0.2) is 5.78 Å². The van der Waals surface area contributed by atoms with Crippen LogP contribution < -0.4 is 4.74 Å². The Labute approximate surface area is 116 Å². The summed E-state index contributed by atoms with van der Waals surface area (Å²) in [5.41, 5.74) is 1.94. The number of ketones is 1. The van der Waals surface area contributed by atoms with Gasteiger partial charge in [-0.3, -0.25) is 4.79 Å². The van der Waals surface area contributed by atoms with Gasteiger partial charge < -0.3 is 4.74 Å². The minimum atomic E-state index is -0.0166. The van der Waals surface area contributed by atoms with Gasteiger partial charge in [0.05, 0.1) is 7.11 Å². The monoisotopic (exact) mass is 260 g/mol. The van der Waals surface area contributed by atoms with Gasteiger partial charge in [-0.25, -0.2) is 0 Å². The van der Waals surface area contributed by atoms with Crippen LogP contribution >= 0.6 is 0 Å². The number of hydrogen-bond donors (Lipinski definition) is 0. The molecule has 104 valence electrons. The third-order valence-corrected chi connectivity index (χ3v) is 4.02. The van der Waals surface area contributed by atoms with Crippen molar-refractivity contribution in [2.45, 2.75) is 51.9 Å². The summed E-state index contributed by atoms with van der Waals surface area (Å²) in [5.74, 6) is 1.42. The molecule has 0 spiro atoms. The third-order valence-electron chi connectivity index (χ3n) is 4.02. The molecule has 1 saturated carbocycles. The maximum absolute atomic E-state index is 12.5. The first-order valence-corrected chi connectivity index (χ1v) is 7.16. The van der Waals surface area contributed by atoms with Gasteiger partial charge in [-0.2, -0.15) is 0 Å². The molecule has 2 heteroatoms. The summed E-state index contributed by atoms with van der Waals surface area (Å²) in [6, 6.07) is 5.87. The van der Waals surface area contributed by atoms with Crippen LogP contribution in [-0.2, 0) is 5.41 Å². The van der Waals surface area contributed by atoms with Crippen molar-refractivity contribution < 1.29 is 9.53 Å². The second kappa shape index (κ2) is 5.36. The molecule has 0 unspecified atom stereocenters. The van der Waals surface area contributed by atoms with Crippen molar-refractivity contribution in [3.8, 4) is 5.75 Å². The zero-order valence-electron chi connectivity index (χ0n) is 12.5. The predicted octanol–water partition coefficient (Wildman–Crippen LogP) is 4.37. The molecule has 1 aromatic carbocycles. The van der Waals surface area contributed by atoms with Crippen molar-refractivity contribution >= 4 is 5.78 Å². The zero-order chi connectivity index (χ0) is 14.0. The van der Waals surface area contributed by atoms with Gasteiger partial charge in [0, 0.05) is 17.0 Å². The first kappa shape index (κ1) is 14.1. The Kier molecular flexibility index (Phi) is 3.98. The fourth-order valence-corrected chi connectivity index (χ4v) is 2.87. The molecule has 1 aromatic rings. The number of rotatable bonds is 3. The van der Waals surface area contributed by atoms with E-state index in [2.05, 4.69) is 20.8 Å². The molecule has 0 atom stereocenters. The van der Waals surface area contributed by atoms with Crippen molar-refractivity contribution in [1.29, 1.82) is 0 Å². The largest absolute Gasteiger partial charge is 0.496 e. The molecule has 1 aliphatic rings. The van der Waals surface area contributed by atoms with E-state index in [0.717, 1.165) is 29.7 Å². The smallest absolute Gasteiger partial charge is 0.165 e. The maximum Gasteiger partial charge on any atom is 0.165 e. The zero-order valence-corrected chi connectivity index (χ0v) is 12.5. The van der Waals surface area contributed by atoms with Crippen molar-refractivity contribution in [3.05, 3.63) is 29.3 Å². The lowest BCUT2D eigenvalue weighted by Gasteiger charge is -2.23. The number of methoxy groups -OCH3 is 1. The number of benzene rings is 1. The molecule has 0 heterocycles. The van der Waals surface area contributed by atoms with E-state index in [1.54, 1.807) is 7.11 Å². The van der Waals surface area contributed by atoms with E-state index in [9.17, 15) is 4.79 Å². The molecule has 0 aliphatic heterocycles. The van der Waals surface area contributed by atoms with Crippen LogP contribution in [0.4, 0.5) is 0 Å². The van der Waals surface area contributed by atoms with Crippen molar-refractivity contribution in [1.82, 2.24) is 0 Å². The first-order valence-electron chi connectivity index (χ1n) is 7.16. The average molecular weight is 260 g/mol. The van der Waals surface area contributed by atoms with Gasteiger partial charge in [-0.05, 0) is 36.5 Å². The molecule has 1 fully saturated rings. The highest BCUT2D eigenvalue weighted by Crippen LogP contribution is 2.34. The van der Waals surface area contributed by atoms with Gasteiger partial charge in [0.2, 0.25) is 0 Å². The Morgan fingerprint density at radius 1 is 1.21 bits per heavy atom. The van der Waals surface area contributed by atoms with Crippen LogP contribution in [0.2, 0.25) is 0 Å². The van der Waals surface area contributed by atoms with E-state index in [1.165, 1.54) is 12.8 Å². The molecule has 1 aliphatic carbocycles. The molecule has 0 N–H and O–H groups in total. The van der Waals surface area contributed by atoms with Crippen LogP contribution in [0.1, 0.15) is 62.4 Å². The van der Waals surface area contributed by atoms with Gasteiger partial charge >= 0.3 is 0 Å². The quantitative estimate of drug-likeness (QED) is 0.754. The van der Waals surface area contributed by atoms with Crippen LogP contribution in [0.3, 0.4) is 0 Å². The number of hydrogen-bond acceptors (Lipinski definition) is 2. The van der Waals surface area contributed by atoms with E-state index >= 15 is 0 Å². The van der Waals surface area contributed by atoms with E-state index in [1.807, 2.05) is 18.2 Å². The van der Waals surface area contributed by atoms with Gasteiger partial charge in [-0.15, -0.1) is 0 Å². The molecule has 2 rings (SSSR count). The summed E-state index contributed by atoms with van der Waals surface area (Å²) in [6.07, 6.45) is 4.49. The van der Waals surface area contributed by atoms with E-state index in [0.29, 0.717) is 5.78 Å². The number of ether oxygens (including phenoxy) is 1. The average Bonchev–Trinajstić information content (AvgIpc) is 2.90. The van der Waals surface area contributed by atoms with Crippen molar-refractivity contribution in [3.63, 3.8) is 0 Å². The molecule has 2 nitrogen and oxygen atoms in total. The Bertz CT molecular complexity index is 463. The summed E-state index contributed by atoms with van der Waals surface area (Å²) >= 11 is 0. The molecule has 0 aromatic heterocycles. The Morgan fingerprint density at radius 3 is 2.37 bits per heavy atom. The summed E-state index contributed by atoms with van der Waals surface area (Å²) in [6.45, 7) is 6.44.